The van der Waals surface area contributed by atoms with E-state index < -0.39 is 0 Å². The zero-order chi connectivity index (χ0) is 30.0. The minimum atomic E-state index is -0.336. The summed E-state index contributed by atoms with van der Waals surface area (Å²) in [5.41, 5.74) is 2.86. The highest BCUT2D eigenvalue weighted by molar-refractivity contribution is 5.93. The quantitative estimate of drug-likeness (QED) is 0.310. The lowest BCUT2D eigenvalue weighted by Gasteiger charge is -2.34. The fourth-order valence-electron chi connectivity index (χ4n) is 6.38. The minimum absolute atomic E-state index is 0.309. The van der Waals surface area contributed by atoms with Gasteiger partial charge in [0.25, 0.3) is 0 Å². The molecule has 2 saturated heterocycles. The van der Waals surface area contributed by atoms with Crippen LogP contribution in [0, 0.1) is 0 Å². The molecule has 3 aliphatic rings. The van der Waals surface area contributed by atoms with Crippen molar-refractivity contribution in [3.63, 3.8) is 0 Å². The highest BCUT2D eigenvalue weighted by Crippen LogP contribution is 2.41. The third-order valence-electron chi connectivity index (χ3n) is 8.64. The van der Waals surface area contributed by atoms with Crippen molar-refractivity contribution >= 4 is 28.7 Å². The van der Waals surface area contributed by atoms with Gasteiger partial charge in [0, 0.05) is 55.8 Å². The molecular weight excluding hydrogens is 542 g/mol. The van der Waals surface area contributed by atoms with Crippen LogP contribution >= 0.6 is 0 Å². The molecule has 3 aliphatic heterocycles. The van der Waals surface area contributed by atoms with E-state index in [2.05, 4.69) is 53.2 Å². The normalized spacial score (nSPS) is 18.7. The summed E-state index contributed by atoms with van der Waals surface area (Å²) < 4.78 is 23.5. The van der Waals surface area contributed by atoms with Crippen molar-refractivity contribution < 1.29 is 18.9 Å². The molecule has 0 atom stereocenters. The molecule has 0 spiro atoms. The summed E-state index contributed by atoms with van der Waals surface area (Å²) in [5.74, 6) is 4.71. The second-order valence-corrected chi connectivity index (χ2v) is 12.3. The van der Waals surface area contributed by atoms with Crippen LogP contribution in [-0.2, 0) is 6.54 Å². The number of rotatable bonds is 9. The van der Waals surface area contributed by atoms with E-state index in [-0.39, 0.29) is 5.60 Å². The topological polar surface area (TPSA) is 81.2 Å². The summed E-state index contributed by atoms with van der Waals surface area (Å²) in [6, 6.07) is 8.68. The van der Waals surface area contributed by atoms with Gasteiger partial charge in [-0.05, 0) is 82.7 Å². The zero-order valence-electron chi connectivity index (χ0n) is 26.2. The van der Waals surface area contributed by atoms with Crippen LogP contribution in [0.3, 0.4) is 0 Å². The molecule has 2 aromatic carbocycles. The number of methoxy groups -OCH3 is 2. The predicted octanol–water partition coefficient (Wildman–Crippen LogP) is 6.30. The van der Waals surface area contributed by atoms with Crippen LogP contribution in [0.25, 0.3) is 17.0 Å². The van der Waals surface area contributed by atoms with E-state index in [1.54, 1.807) is 14.2 Å². The lowest BCUT2D eigenvalue weighted by atomic mass is 9.99. The molecule has 0 unspecified atom stereocenters. The van der Waals surface area contributed by atoms with Gasteiger partial charge in [0.05, 0.1) is 26.3 Å². The standard InChI is InChI=1S/C34H45N5O4/c1-6-42-30-19-23(18-24-10-13-34(2,3)43-31(24)30)22-38-16-11-25(12-17-38)35-33-36-27-21-29(41-5)28(40-4)20-26(27)32(37-33)39-14-8-7-9-15-39/h10,13,18-21,25H,6-9,11-12,14-17,22H2,1-5H3,(H,35,36,37). The third-order valence-corrected chi connectivity index (χ3v) is 8.64. The maximum absolute atomic E-state index is 6.26. The number of nitrogens with zero attached hydrogens (tertiary/aromatic N) is 4. The van der Waals surface area contributed by atoms with E-state index in [9.17, 15) is 0 Å². The van der Waals surface area contributed by atoms with E-state index >= 15 is 0 Å². The van der Waals surface area contributed by atoms with Crippen molar-refractivity contribution in [2.75, 3.05) is 57.2 Å². The van der Waals surface area contributed by atoms with E-state index in [0.717, 1.165) is 79.3 Å². The van der Waals surface area contributed by atoms with Gasteiger partial charge >= 0.3 is 0 Å². The predicted molar refractivity (Wildman–Crippen MR) is 172 cm³/mol. The maximum Gasteiger partial charge on any atom is 0.225 e. The van der Waals surface area contributed by atoms with Crippen LogP contribution in [0.2, 0.25) is 0 Å². The lowest BCUT2D eigenvalue weighted by Crippen LogP contribution is -2.39. The number of hydrogen-bond donors (Lipinski definition) is 1. The van der Waals surface area contributed by atoms with Crippen LogP contribution in [0.1, 0.15) is 64.0 Å². The summed E-state index contributed by atoms with van der Waals surface area (Å²) in [6.45, 7) is 11.6. The molecule has 1 N–H and O–H groups in total. The molecule has 4 heterocycles. The average molecular weight is 588 g/mol. The lowest BCUT2D eigenvalue weighted by molar-refractivity contribution is 0.149. The van der Waals surface area contributed by atoms with Gasteiger partial charge in [-0.25, -0.2) is 4.98 Å². The highest BCUT2D eigenvalue weighted by atomic mass is 16.5. The molecule has 43 heavy (non-hydrogen) atoms. The number of likely N-dealkylation sites (tertiary alicyclic amines) is 1. The van der Waals surface area contributed by atoms with Gasteiger partial charge < -0.3 is 29.2 Å². The van der Waals surface area contributed by atoms with Crippen LogP contribution in [0.4, 0.5) is 11.8 Å². The maximum atomic E-state index is 6.26. The molecule has 3 aromatic rings. The van der Waals surface area contributed by atoms with Crippen LogP contribution in [-0.4, -0.2) is 73.5 Å². The Balaban J connectivity index is 1.16. The number of piperidine rings is 2. The van der Waals surface area contributed by atoms with Gasteiger partial charge in [-0.15, -0.1) is 0 Å². The molecule has 0 aliphatic carbocycles. The average Bonchev–Trinajstić information content (AvgIpc) is 3.01. The second kappa shape index (κ2) is 12.5. The van der Waals surface area contributed by atoms with Gasteiger partial charge in [0.1, 0.15) is 11.4 Å². The number of hydrogen-bond acceptors (Lipinski definition) is 9. The molecule has 6 rings (SSSR count). The fourth-order valence-corrected chi connectivity index (χ4v) is 6.38. The number of anilines is 2. The molecule has 0 amide bonds. The largest absolute Gasteiger partial charge is 0.493 e. The Labute approximate surface area is 255 Å². The first-order valence-electron chi connectivity index (χ1n) is 15.7. The molecule has 0 radical (unpaired) electrons. The summed E-state index contributed by atoms with van der Waals surface area (Å²) >= 11 is 0. The Bertz CT molecular complexity index is 1480. The molecule has 230 valence electrons. The number of benzene rings is 2. The first-order chi connectivity index (χ1) is 20.9. The van der Waals surface area contributed by atoms with Crippen molar-refractivity contribution in [1.82, 2.24) is 14.9 Å². The summed E-state index contributed by atoms with van der Waals surface area (Å²) in [5, 5.41) is 4.68. The molecule has 1 aromatic heterocycles. The van der Waals surface area contributed by atoms with Crippen LogP contribution < -0.4 is 29.2 Å². The molecule has 9 heteroatoms. The van der Waals surface area contributed by atoms with Crippen molar-refractivity contribution in [2.24, 2.45) is 0 Å². The Morgan fingerprint density at radius 2 is 1.67 bits per heavy atom. The van der Waals surface area contributed by atoms with Gasteiger partial charge in [0.2, 0.25) is 5.95 Å². The smallest absolute Gasteiger partial charge is 0.225 e. The number of nitrogens with one attached hydrogen (secondary N) is 1. The molecule has 2 fully saturated rings. The monoisotopic (exact) mass is 587 g/mol. The Kier molecular flexibility index (Phi) is 8.52. The van der Waals surface area contributed by atoms with E-state index in [1.807, 2.05) is 19.1 Å². The first-order valence-corrected chi connectivity index (χ1v) is 15.7. The Hall–Kier alpha value is -3.72. The number of fused-ring (bicyclic) bond motifs is 2. The fraction of sp³-hybridized carbons (Fsp3) is 0.529. The van der Waals surface area contributed by atoms with Crippen molar-refractivity contribution in [3.8, 4) is 23.0 Å². The summed E-state index contributed by atoms with van der Waals surface area (Å²) in [7, 11) is 3.33. The molecular formula is C34H45N5O4. The molecule has 0 bridgehead atoms. The van der Waals surface area contributed by atoms with Gasteiger partial charge in [-0.1, -0.05) is 6.08 Å². The van der Waals surface area contributed by atoms with Gasteiger partial charge in [-0.2, -0.15) is 4.98 Å². The van der Waals surface area contributed by atoms with Crippen molar-refractivity contribution in [3.05, 3.63) is 41.5 Å². The highest BCUT2D eigenvalue weighted by Gasteiger charge is 2.27. The van der Waals surface area contributed by atoms with Crippen molar-refractivity contribution in [1.29, 1.82) is 0 Å². The van der Waals surface area contributed by atoms with Gasteiger partial charge in [0.15, 0.2) is 23.0 Å². The van der Waals surface area contributed by atoms with Crippen molar-refractivity contribution in [2.45, 2.75) is 71.1 Å². The molecule has 9 nitrogen and oxygen atoms in total. The number of ether oxygens (including phenoxy) is 4. The second-order valence-electron chi connectivity index (χ2n) is 12.3. The summed E-state index contributed by atoms with van der Waals surface area (Å²) in [6.07, 6.45) is 9.94. The van der Waals surface area contributed by atoms with E-state index in [4.69, 9.17) is 28.9 Å². The first kappa shape index (κ1) is 29.4. The minimum Gasteiger partial charge on any atom is -0.493 e. The zero-order valence-corrected chi connectivity index (χ0v) is 26.2. The number of aromatic nitrogens is 2. The SMILES string of the molecule is CCOc1cc(CN2CCC(Nc3nc(N4CCCCC4)c4cc(OC)c(OC)cc4n3)CC2)cc2c1OC(C)(C)C=C2. The van der Waals surface area contributed by atoms with E-state index in [1.165, 1.54) is 24.8 Å². The Morgan fingerprint density at radius 1 is 0.930 bits per heavy atom. The molecule has 0 saturated carbocycles. The van der Waals surface area contributed by atoms with Gasteiger partial charge in [-0.3, -0.25) is 4.90 Å². The van der Waals surface area contributed by atoms with E-state index in [0.29, 0.717) is 30.1 Å². The summed E-state index contributed by atoms with van der Waals surface area (Å²) in [4.78, 5) is 14.9. The third kappa shape index (κ3) is 6.47. The Morgan fingerprint density at radius 3 is 2.40 bits per heavy atom. The van der Waals surface area contributed by atoms with Crippen LogP contribution in [0.15, 0.2) is 30.3 Å². The van der Waals surface area contributed by atoms with Crippen LogP contribution in [0.5, 0.6) is 23.0 Å².